The quantitative estimate of drug-likeness (QED) is 0.563. The summed E-state index contributed by atoms with van der Waals surface area (Å²) in [6.07, 6.45) is 1.82. The maximum Gasteiger partial charge on any atom is 0.244 e. The second-order valence-electron chi connectivity index (χ2n) is 5.27. The Morgan fingerprint density at radius 3 is 2.67 bits per heavy atom. The number of hydrogen-bond donors (Lipinski definition) is 1. The molecule has 1 aliphatic heterocycles. The number of carbonyl (C=O) groups is 1. The minimum absolute atomic E-state index is 0.199. The van der Waals surface area contributed by atoms with E-state index in [2.05, 4.69) is 42.4 Å². The van der Waals surface area contributed by atoms with E-state index in [1.54, 1.807) is 18.3 Å². The molecule has 0 bridgehead atoms. The summed E-state index contributed by atoms with van der Waals surface area (Å²) < 4.78 is 12.5. The Hall–Kier alpha value is -1.86. The van der Waals surface area contributed by atoms with Crippen LogP contribution in [0.2, 0.25) is 0 Å². The molecule has 0 fully saturated rings. The molecule has 0 aliphatic carbocycles. The third-order valence-corrected chi connectivity index (χ3v) is 5.16. The van der Waals surface area contributed by atoms with Crippen molar-refractivity contribution in [3.8, 4) is 11.5 Å². The van der Waals surface area contributed by atoms with Crippen LogP contribution in [0.15, 0.2) is 44.4 Å². The predicted octanol–water partition coefficient (Wildman–Crippen LogP) is 3.94. The molecule has 0 atom stereocenters. The number of hydrogen-bond acceptors (Lipinski definition) is 4. The van der Waals surface area contributed by atoms with E-state index in [9.17, 15) is 4.79 Å². The van der Waals surface area contributed by atoms with Crippen LogP contribution in [-0.4, -0.2) is 18.9 Å². The molecule has 2 aromatic carbocycles. The number of nitrogens with zero attached hydrogens (tertiary/aromatic N) is 1. The van der Waals surface area contributed by atoms with Gasteiger partial charge in [-0.25, -0.2) is 5.43 Å². The van der Waals surface area contributed by atoms with Gasteiger partial charge in [-0.2, -0.15) is 5.10 Å². The summed E-state index contributed by atoms with van der Waals surface area (Å²) in [7, 11) is 0. The number of nitrogens with one attached hydrogen (secondary N) is 1. The Balaban J connectivity index is 1.59. The molecule has 5 nitrogen and oxygen atoms in total. The van der Waals surface area contributed by atoms with Gasteiger partial charge in [0, 0.05) is 8.95 Å². The summed E-state index contributed by atoms with van der Waals surface area (Å²) in [4.78, 5) is 12.0. The fourth-order valence-electron chi connectivity index (χ4n) is 2.19. The van der Waals surface area contributed by atoms with E-state index in [4.69, 9.17) is 9.47 Å². The molecule has 0 radical (unpaired) electrons. The number of carbonyl (C=O) groups excluding carboxylic acids is 1. The molecule has 0 spiro atoms. The van der Waals surface area contributed by atoms with E-state index in [1.165, 1.54) is 0 Å². The largest absolute Gasteiger partial charge is 0.454 e. The van der Waals surface area contributed by atoms with Gasteiger partial charge in [-0.15, -0.1) is 0 Å². The highest BCUT2D eigenvalue weighted by atomic mass is 79.9. The van der Waals surface area contributed by atoms with Crippen molar-refractivity contribution in [2.45, 2.75) is 13.3 Å². The lowest BCUT2D eigenvalue weighted by molar-refractivity contribution is -0.120. The van der Waals surface area contributed by atoms with Gasteiger partial charge in [0.05, 0.1) is 12.6 Å². The average molecular weight is 454 g/mol. The molecule has 0 saturated heterocycles. The van der Waals surface area contributed by atoms with Crippen molar-refractivity contribution in [1.29, 1.82) is 0 Å². The molecule has 1 aliphatic rings. The van der Waals surface area contributed by atoms with E-state index in [0.29, 0.717) is 11.5 Å². The number of fused-ring (bicyclic) bond motifs is 1. The van der Waals surface area contributed by atoms with E-state index >= 15 is 0 Å². The monoisotopic (exact) mass is 452 g/mol. The number of hydrazone groups is 1. The van der Waals surface area contributed by atoms with Gasteiger partial charge >= 0.3 is 0 Å². The van der Waals surface area contributed by atoms with Gasteiger partial charge < -0.3 is 9.47 Å². The number of benzene rings is 2. The zero-order valence-corrected chi connectivity index (χ0v) is 16.0. The van der Waals surface area contributed by atoms with Gasteiger partial charge in [-0.05, 0) is 47.9 Å². The third-order valence-electron chi connectivity index (χ3n) is 3.51. The fraction of sp³-hybridized carbons (Fsp3) is 0.176. The maximum atomic E-state index is 12.0. The molecule has 3 rings (SSSR count). The first-order valence-corrected chi connectivity index (χ1v) is 8.77. The first-order chi connectivity index (χ1) is 11.5. The second-order valence-corrected chi connectivity index (χ2v) is 6.98. The molecule has 0 unspecified atom stereocenters. The predicted molar refractivity (Wildman–Crippen MR) is 98.6 cm³/mol. The molecule has 1 N–H and O–H groups in total. The highest BCUT2D eigenvalue weighted by molar-refractivity contribution is 9.11. The lowest BCUT2D eigenvalue weighted by Gasteiger charge is -2.04. The molecule has 124 valence electrons. The smallest absolute Gasteiger partial charge is 0.244 e. The summed E-state index contributed by atoms with van der Waals surface area (Å²) in [5.41, 5.74) is 5.36. The van der Waals surface area contributed by atoms with Gasteiger partial charge in [0.1, 0.15) is 0 Å². The maximum absolute atomic E-state index is 12.0. The Labute approximate surface area is 156 Å². The Morgan fingerprint density at radius 2 is 1.92 bits per heavy atom. The highest BCUT2D eigenvalue weighted by Crippen LogP contribution is 2.32. The van der Waals surface area contributed by atoms with Crippen molar-refractivity contribution in [2.24, 2.45) is 5.10 Å². The van der Waals surface area contributed by atoms with Crippen LogP contribution in [0.25, 0.3) is 0 Å². The molecule has 0 saturated carbocycles. The number of rotatable bonds is 4. The number of halogens is 2. The third kappa shape index (κ3) is 3.96. The highest BCUT2D eigenvalue weighted by Gasteiger charge is 2.14. The van der Waals surface area contributed by atoms with Crippen molar-refractivity contribution in [3.63, 3.8) is 0 Å². The number of amides is 1. The van der Waals surface area contributed by atoms with E-state index in [0.717, 1.165) is 25.6 Å². The first kappa shape index (κ1) is 17.0. The molecular formula is C17H14Br2N2O3. The molecule has 1 amide bonds. The van der Waals surface area contributed by atoms with Crippen molar-refractivity contribution < 1.29 is 14.3 Å². The van der Waals surface area contributed by atoms with Gasteiger partial charge in [0.25, 0.3) is 0 Å². The SMILES string of the molecule is Cc1c(Br)cc(/C=N\NC(=O)Cc2ccc3c(c2)OCO3)cc1Br. The summed E-state index contributed by atoms with van der Waals surface area (Å²) in [5.74, 6) is 1.17. The summed E-state index contributed by atoms with van der Waals surface area (Å²) in [6, 6.07) is 9.32. The van der Waals surface area contributed by atoms with Gasteiger partial charge in [0.2, 0.25) is 12.7 Å². The van der Waals surface area contributed by atoms with Gasteiger partial charge in [-0.3, -0.25) is 4.79 Å². The van der Waals surface area contributed by atoms with E-state index in [-0.39, 0.29) is 19.1 Å². The molecule has 24 heavy (non-hydrogen) atoms. The van der Waals surface area contributed by atoms with Crippen LogP contribution in [0.1, 0.15) is 16.7 Å². The van der Waals surface area contributed by atoms with Crippen molar-refractivity contribution in [1.82, 2.24) is 5.43 Å². The first-order valence-electron chi connectivity index (χ1n) is 7.19. The van der Waals surface area contributed by atoms with E-state index < -0.39 is 0 Å². The van der Waals surface area contributed by atoms with Crippen LogP contribution in [0.3, 0.4) is 0 Å². The Morgan fingerprint density at radius 1 is 1.21 bits per heavy atom. The second kappa shape index (κ2) is 7.36. The Bertz CT molecular complexity index is 798. The molecule has 0 aromatic heterocycles. The van der Waals surface area contributed by atoms with Crippen LogP contribution < -0.4 is 14.9 Å². The van der Waals surface area contributed by atoms with Crippen LogP contribution in [0.5, 0.6) is 11.5 Å². The minimum atomic E-state index is -0.199. The van der Waals surface area contributed by atoms with Gasteiger partial charge in [0.15, 0.2) is 11.5 Å². The molecule has 2 aromatic rings. The van der Waals surface area contributed by atoms with Crippen LogP contribution >= 0.6 is 31.9 Å². The van der Waals surface area contributed by atoms with Gasteiger partial charge in [-0.1, -0.05) is 37.9 Å². The van der Waals surface area contributed by atoms with Crippen LogP contribution in [-0.2, 0) is 11.2 Å². The number of ether oxygens (including phenoxy) is 2. The summed E-state index contributed by atoms with van der Waals surface area (Å²) in [5, 5.41) is 4.00. The van der Waals surface area contributed by atoms with Crippen molar-refractivity contribution in [3.05, 3.63) is 56.0 Å². The van der Waals surface area contributed by atoms with Crippen molar-refractivity contribution in [2.75, 3.05) is 6.79 Å². The topological polar surface area (TPSA) is 59.9 Å². The summed E-state index contributed by atoms with van der Waals surface area (Å²) in [6.45, 7) is 2.22. The fourth-order valence-corrected chi connectivity index (χ4v) is 3.42. The zero-order valence-electron chi connectivity index (χ0n) is 12.8. The van der Waals surface area contributed by atoms with Crippen LogP contribution in [0, 0.1) is 6.92 Å². The lowest BCUT2D eigenvalue weighted by Crippen LogP contribution is -2.19. The zero-order chi connectivity index (χ0) is 17.1. The average Bonchev–Trinajstić information content (AvgIpc) is 3.00. The lowest BCUT2D eigenvalue weighted by atomic mass is 10.1. The van der Waals surface area contributed by atoms with Crippen LogP contribution in [0.4, 0.5) is 0 Å². The molecular weight excluding hydrogens is 440 g/mol. The normalized spacial score (nSPS) is 12.6. The Kier molecular flexibility index (Phi) is 5.20. The summed E-state index contributed by atoms with van der Waals surface area (Å²) >= 11 is 6.97. The molecule has 7 heteroatoms. The van der Waals surface area contributed by atoms with E-state index in [1.807, 2.05) is 25.1 Å². The standard InChI is InChI=1S/C17H14Br2N2O3/c1-10-13(18)4-12(5-14(10)19)8-20-21-17(22)7-11-2-3-15-16(6-11)24-9-23-15/h2-6,8H,7,9H2,1H3,(H,21,22)/b20-8-. The minimum Gasteiger partial charge on any atom is -0.454 e. The molecule has 1 heterocycles. The van der Waals surface area contributed by atoms with Crippen molar-refractivity contribution >= 4 is 44.0 Å².